The van der Waals surface area contributed by atoms with Crippen LogP contribution in [0, 0.1) is 5.92 Å². The number of rotatable bonds is 7. The summed E-state index contributed by atoms with van der Waals surface area (Å²) in [6, 6.07) is 5.73. The molecule has 1 aliphatic heterocycles. The maximum absolute atomic E-state index is 12.4. The molecule has 2 aliphatic rings. The number of methoxy groups -OCH3 is 2. The van der Waals surface area contributed by atoms with Crippen LogP contribution in [0.3, 0.4) is 0 Å². The van der Waals surface area contributed by atoms with Gasteiger partial charge in [0.1, 0.15) is 0 Å². The van der Waals surface area contributed by atoms with Crippen molar-refractivity contribution >= 4 is 11.8 Å². The van der Waals surface area contributed by atoms with Gasteiger partial charge >= 0.3 is 0 Å². The van der Waals surface area contributed by atoms with Gasteiger partial charge in [-0.25, -0.2) is 0 Å². The first-order chi connectivity index (χ1) is 13.0. The van der Waals surface area contributed by atoms with E-state index in [2.05, 4.69) is 0 Å². The molecular weight excluding hydrogens is 346 g/mol. The smallest absolute Gasteiger partial charge is 0.232 e. The average molecular weight is 375 g/mol. The van der Waals surface area contributed by atoms with Crippen LogP contribution in [0.25, 0.3) is 0 Å². The maximum atomic E-state index is 12.4. The van der Waals surface area contributed by atoms with E-state index >= 15 is 0 Å². The van der Waals surface area contributed by atoms with E-state index in [-0.39, 0.29) is 29.9 Å². The number of carbonyl (C=O) groups is 2. The quantitative estimate of drug-likeness (QED) is 0.686. The molecule has 27 heavy (non-hydrogen) atoms. The van der Waals surface area contributed by atoms with Gasteiger partial charge in [-0.2, -0.15) is 0 Å². The summed E-state index contributed by atoms with van der Waals surface area (Å²) in [4.78, 5) is 26.2. The number of carbonyl (C=O) groups excluding carboxylic acids is 2. The number of likely N-dealkylation sites (tertiary alicyclic amines) is 1. The summed E-state index contributed by atoms with van der Waals surface area (Å²) in [5.74, 6) is 1.11. The van der Waals surface area contributed by atoms with E-state index in [4.69, 9.17) is 14.2 Å². The molecule has 1 aromatic carbocycles. The van der Waals surface area contributed by atoms with Crippen molar-refractivity contribution in [3.8, 4) is 11.5 Å². The predicted octanol–water partition coefficient (Wildman–Crippen LogP) is 2.97. The van der Waals surface area contributed by atoms with Crippen LogP contribution in [0.4, 0.5) is 0 Å². The van der Waals surface area contributed by atoms with Gasteiger partial charge in [-0.05, 0) is 37.0 Å². The first-order valence-corrected chi connectivity index (χ1v) is 9.73. The molecule has 1 saturated heterocycles. The first kappa shape index (κ1) is 19.7. The van der Waals surface area contributed by atoms with E-state index in [9.17, 15) is 9.59 Å². The Morgan fingerprint density at radius 2 is 1.81 bits per heavy atom. The number of ether oxygens (including phenoxy) is 3. The molecule has 148 valence electrons. The van der Waals surface area contributed by atoms with Crippen molar-refractivity contribution in [1.82, 2.24) is 4.90 Å². The standard InChI is InChI=1S/C21H29NO5/c1-14-12-20(23)22(21(14)24)16-6-4-5-7-17(16)27-11-10-15-8-9-18(25-2)19(13-15)26-3/h8-9,13-14,16-17H,4-7,10-12H2,1-3H3/t14-,16-,17-/m1/s1. The molecule has 1 aromatic rings. The minimum Gasteiger partial charge on any atom is -0.493 e. The van der Waals surface area contributed by atoms with Gasteiger partial charge < -0.3 is 14.2 Å². The Morgan fingerprint density at radius 3 is 2.48 bits per heavy atom. The zero-order chi connectivity index (χ0) is 19.4. The summed E-state index contributed by atoms with van der Waals surface area (Å²) in [7, 11) is 3.24. The Morgan fingerprint density at radius 1 is 1.07 bits per heavy atom. The van der Waals surface area contributed by atoms with Gasteiger partial charge in [-0.15, -0.1) is 0 Å². The minimum absolute atomic E-state index is 0.0413. The van der Waals surface area contributed by atoms with Crippen molar-refractivity contribution in [2.45, 2.75) is 57.6 Å². The van der Waals surface area contributed by atoms with E-state index in [1.807, 2.05) is 25.1 Å². The van der Waals surface area contributed by atoms with Gasteiger partial charge in [0.2, 0.25) is 11.8 Å². The number of imide groups is 1. The summed E-state index contributed by atoms with van der Waals surface area (Å²) in [6.45, 7) is 2.37. The lowest BCUT2D eigenvalue weighted by Crippen LogP contribution is -2.49. The molecule has 1 heterocycles. The van der Waals surface area contributed by atoms with Crippen molar-refractivity contribution in [2.24, 2.45) is 5.92 Å². The molecular formula is C21H29NO5. The third-order valence-electron chi connectivity index (χ3n) is 5.58. The van der Waals surface area contributed by atoms with E-state index in [1.165, 1.54) is 4.90 Å². The van der Waals surface area contributed by atoms with Crippen LogP contribution < -0.4 is 9.47 Å². The van der Waals surface area contributed by atoms with Crippen molar-refractivity contribution in [3.05, 3.63) is 23.8 Å². The van der Waals surface area contributed by atoms with Crippen molar-refractivity contribution in [2.75, 3.05) is 20.8 Å². The summed E-state index contributed by atoms with van der Waals surface area (Å²) < 4.78 is 16.8. The lowest BCUT2D eigenvalue weighted by Gasteiger charge is -2.36. The largest absolute Gasteiger partial charge is 0.493 e. The van der Waals surface area contributed by atoms with Gasteiger partial charge in [-0.3, -0.25) is 14.5 Å². The first-order valence-electron chi connectivity index (χ1n) is 9.73. The molecule has 6 heteroatoms. The Labute approximate surface area is 160 Å². The minimum atomic E-state index is -0.202. The fourth-order valence-corrected chi connectivity index (χ4v) is 4.09. The Balaban J connectivity index is 1.61. The van der Waals surface area contributed by atoms with Crippen LogP contribution in [0.2, 0.25) is 0 Å². The maximum Gasteiger partial charge on any atom is 0.232 e. The highest BCUT2D eigenvalue weighted by Crippen LogP contribution is 2.32. The van der Waals surface area contributed by atoms with Crippen molar-refractivity contribution in [3.63, 3.8) is 0 Å². The predicted molar refractivity (Wildman–Crippen MR) is 101 cm³/mol. The molecule has 2 amide bonds. The monoisotopic (exact) mass is 375 g/mol. The summed E-state index contributed by atoms with van der Waals surface area (Å²) in [5.41, 5.74) is 1.10. The van der Waals surface area contributed by atoms with Gasteiger partial charge in [0.05, 0.1) is 33.0 Å². The third kappa shape index (κ3) is 4.26. The molecule has 6 nitrogen and oxygen atoms in total. The van der Waals surface area contributed by atoms with Gasteiger partial charge in [0.25, 0.3) is 0 Å². The van der Waals surface area contributed by atoms with Crippen LogP contribution in [0.15, 0.2) is 18.2 Å². The summed E-state index contributed by atoms with van der Waals surface area (Å²) in [6.07, 6.45) is 4.83. The highest BCUT2D eigenvalue weighted by atomic mass is 16.5. The summed E-state index contributed by atoms with van der Waals surface area (Å²) >= 11 is 0. The molecule has 0 aromatic heterocycles. The average Bonchev–Trinajstić information content (AvgIpc) is 2.93. The molecule has 0 unspecified atom stereocenters. The lowest BCUT2D eigenvalue weighted by molar-refractivity contribution is -0.147. The lowest BCUT2D eigenvalue weighted by atomic mass is 9.91. The zero-order valence-electron chi connectivity index (χ0n) is 16.4. The van der Waals surface area contributed by atoms with Crippen LogP contribution in [0.1, 0.15) is 44.6 Å². The fraction of sp³-hybridized carbons (Fsp3) is 0.619. The van der Waals surface area contributed by atoms with Crippen molar-refractivity contribution in [1.29, 1.82) is 0 Å². The number of amides is 2. The SMILES string of the molecule is COc1ccc(CCO[C@@H]2CCCC[C@H]2N2C(=O)C[C@@H](C)C2=O)cc1OC. The van der Waals surface area contributed by atoms with Crippen LogP contribution in [-0.4, -0.2) is 49.7 Å². The van der Waals surface area contributed by atoms with E-state index in [0.717, 1.165) is 37.7 Å². The molecule has 0 bridgehead atoms. The molecule has 2 fully saturated rings. The van der Waals surface area contributed by atoms with Gasteiger partial charge in [-0.1, -0.05) is 25.8 Å². The Hall–Kier alpha value is -2.08. The second kappa shape index (κ2) is 8.74. The van der Waals surface area contributed by atoms with Gasteiger partial charge in [0.15, 0.2) is 11.5 Å². The second-order valence-electron chi connectivity index (χ2n) is 7.41. The number of nitrogens with zero attached hydrogens (tertiary/aromatic N) is 1. The number of hydrogen-bond donors (Lipinski definition) is 0. The fourth-order valence-electron chi connectivity index (χ4n) is 4.09. The van der Waals surface area contributed by atoms with E-state index < -0.39 is 0 Å². The molecule has 0 radical (unpaired) electrons. The highest BCUT2D eigenvalue weighted by molar-refractivity contribution is 6.03. The molecule has 3 rings (SSSR count). The van der Waals surface area contributed by atoms with Crippen LogP contribution in [0.5, 0.6) is 11.5 Å². The zero-order valence-corrected chi connectivity index (χ0v) is 16.4. The van der Waals surface area contributed by atoms with Crippen LogP contribution >= 0.6 is 0 Å². The Bertz CT molecular complexity index is 689. The number of benzene rings is 1. The second-order valence-corrected chi connectivity index (χ2v) is 7.41. The normalized spacial score (nSPS) is 25.7. The van der Waals surface area contributed by atoms with E-state index in [0.29, 0.717) is 24.5 Å². The topological polar surface area (TPSA) is 65.1 Å². The van der Waals surface area contributed by atoms with E-state index in [1.54, 1.807) is 14.2 Å². The molecule has 1 aliphatic carbocycles. The molecule has 0 spiro atoms. The highest BCUT2D eigenvalue weighted by Gasteiger charge is 2.43. The van der Waals surface area contributed by atoms with Gasteiger partial charge in [0, 0.05) is 12.3 Å². The summed E-state index contributed by atoms with van der Waals surface area (Å²) in [5, 5.41) is 0. The van der Waals surface area contributed by atoms with Crippen LogP contribution in [-0.2, 0) is 20.7 Å². The molecule has 0 N–H and O–H groups in total. The molecule has 3 atom stereocenters. The van der Waals surface area contributed by atoms with Crippen molar-refractivity contribution < 1.29 is 23.8 Å². The molecule has 1 saturated carbocycles. The Kier molecular flexibility index (Phi) is 6.37. The number of hydrogen-bond acceptors (Lipinski definition) is 5. The third-order valence-corrected chi connectivity index (χ3v) is 5.58.